The number of carbonyl (C=O) groups excluding carboxylic acids is 3. The summed E-state index contributed by atoms with van der Waals surface area (Å²) < 4.78 is 31.6. The zero-order valence-corrected chi connectivity index (χ0v) is 35.7. The number of amides is 2. The third kappa shape index (κ3) is 9.41. The van der Waals surface area contributed by atoms with Crippen molar-refractivity contribution in [2.24, 2.45) is 17.8 Å². The molecule has 2 aromatic carbocycles. The number of nitrogens with one attached hydrogen (secondary N) is 4. The maximum atomic E-state index is 15.9. The quantitative estimate of drug-likeness (QED) is 0.0839. The normalized spacial score (nSPS) is 19.5. The minimum absolute atomic E-state index is 0.0182. The number of Topliss-reactive ketones (excluding diaryl/α,β-unsaturated/α-hetero) is 1. The molecule has 7 rings (SSSR count). The molecular formula is C46H56FN7O7. The molecule has 0 spiro atoms. The summed E-state index contributed by atoms with van der Waals surface area (Å²) in [4.78, 5) is 70.2. The third-order valence-corrected chi connectivity index (χ3v) is 12.4. The van der Waals surface area contributed by atoms with E-state index < -0.39 is 29.5 Å². The molecule has 2 fully saturated rings. The lowest BCUT2D eigenvalue weighted by Crippen LogP contribution is -2.47. The van der Waals surface area contributed by atoms with Gasteiger partial charge in [0.25, 0.3) is 0 Å². The van der Waals surface area contributed by atoms with Crippen molar-refractivity contribution in [3.63, 3.8) is 0 Å². The van der Waals surface area contributed by atoms with Gasteiger partial charge in [-0.25, -0.2) is 19.6 Å². The van der Waals surface area contributed by atoms with Crippen molar-refractivity contribution in [3.05, 3.63) is 82.5 Å². The summed E-state index contributed by atoms with van der Waals surface area (Å²) in [7, 11) is 2.64. The number of likely N-dealkylation sites (tertiary alicyclic amines) is 1. The van der Waals surface area contributed by atoms with Crippen LogP contribution in [-0.4, -0.2) is 82.2 Å². The van der Waals surface area contributed by atoms with E-state index in [0.29, 0.717) is 35.6 Å². The van der Waals surface area contributed by atoms with Gasteiger partial charge in [0, 0.05) is 35.5 Å². The number of nitrogens with zero attached hydrogens (tertiary/aromatic N) is 3. The Hall–Kier alpha value is -5.83. The van der Waals surface area contributed by atoms with E-state index in [-0.39, 0.29) is 58.3 Å². The number of fused-ring (bicyclic) bond motifs is 1. The molecule has 1 aliphatic carbocycles. The molecule has 1 aliphatic heterocycles. The predicted molar refractivity (Wildman–Crippen MR) is 229 cm³/mol. The van der Waals surface area contributed by atoms with Gasteiger partial charge in [-0.2, -0.15) is 4.39 Å². The summed E-state index contributed by atoms with van der Waals surface area (Å²) in [6.07, 6.45) is 8.62. The lowest BCUT2D eigenvalue weighted by molar-refractivity contribution is -0.126. The summed E-state index contributed by atoms with van der Waals surface area (Å²) >= 11 is 0. The molecule has 5 aromatic rings. The van der Waals surface area contributed by atoms with Crippen LogP contribution in [-0.2, 0) is 14.3 Å². The highest BCUT2D eigenvalue weighted by Gasteiger charge is 2.38. The van der Waals surface area contributed by atoms with Crippen LogP contribution < -0.4 is 16.1 Å². The molecule has 5 unspecified atom stereocenters. The molecule has 4 heterocycles. The Balaban J connectivity index is 1.07. The Kier molecular flexibility index (Phi) is 13.4. The average Bonchev–Trinajstić information content (AvgIpc) is 4.02. The maximum absolute atomic E-state index is 15.9. The van der Waals surface area contributed by atoms with Gasteiger partial charge in [-0.3, -0.25) is 14.5 Å². The van der Waals surface area contributed by atoms with Gasteiger partial charge in [0.2, 0.25) is 11.2 Å². The van der Waals surface area contributed by atoms with Gasteiger partial charge in [-0.05, 0) is 67.8 Å². The number of hydrogen-bond acceptors (Lipinski definition) is 10. The van der Waals surface area contributed by atoms with Crippen molar-refractivity contribution in [1.29, 1.82) is 0 Å². The Morgan fingerprint density at radius 1 is 0.820 bits per heavy atom. The van der Waals surface area contributed by atoms with E-state index in [1.807, 2.05) is 32.0 Å². The molecule has 2 aliphatic rings. The van der Waals surface area contributed by atoms with Crippen molar-refractivity contribution in [2.75, 3.05) is 27.3 Å². The second kappa shape index (κ2) is 18.8. The van der Waals surface area contributed by atoms with Gasteiger partial charge in [-0.15, -0.1) is 0 Å². The Labute approximate surface area is 354 Å². The fourth-order valence-electron chi connectivity index (χ4n) is 8.85. The fourth-order valence-corrected chi connectivity index (χ4v) is 8.85. The molecule has 2 amide bonds. The molecule has 14 nitrogen and oxygen atoms in total. The SMILES string of the molecule is COC(=O)NC(CN1CCCC1c1ncc(-c2ccc3oc(-c4ccc(-c5cnc(C6CCCCCC6C(=O)C(NC(=O)OC)C(C)C)[nH]5)cc4)c(F)c(=O)c3c2)[nH]1)C(C)C. The van der Waals surface area contributed by atoms with Crippen LogP contribution in [0, 0.1) is 23.6 Å². The van der Waals surface area contributed by atoms with Crippen LogP contribution in [0.3, 0.4) is 0 Å². The Bertz CT molecular complexity index is 2400. The smallest absolute Gasteiger partial charge is 0.407 e. The first-order valence-corrected chi connectivity index (χ1v) is 21.3. The van der Waals surface area contributed by atoms with E-state index in [2.05, 4.69) is 39.3 Å². The molecule has 1 saturated heterocycles. The van der Waals surface area contributed by atoms with E-state index in [4.69, 9.17) is 23.9 Å². The van der Waals surface area contributed by atoms with Gasteiger partial charge in [0.1, 0.15) is 17.2 Å². The number of ketones is 1. The number of ether oxygens (including phenoxy) is 2. The van der Waals surface area contributed by atoms with Crippen molar-refractivity contribution in [3.8, 4) is 33.8 Å². The number of H-pyrrole nitrogens is 2. The Morgan fingerprint density at radius 3 is 2.16 bits per heavy atom. The van der Waals surface area contributed by atoms with Crippen molar-refractivity contribution < 1.29 is 32.7 Å². The largest absolute Gasteiger partial charge is 0.453 e. The molecule has 4 N–H and O–H groups in total. The van der Waals surface area contributed by atoms with Crippen LogP contribution >= 0.6 is 0 Å². The van der Waals surface area contributed by atoms with E-state index in [1.54, 1.807) is 36.7 Å². The fraction of sp³-hybridized carbons (Fsp3) is 0.478. The highest BCUT2D eigenvalue weighted by molar-refractivity contribution is 5.90. The van der Waals surface area contributed by atoms with Gasteiger partial charge >= 0.3 is 12.2 Å². The number of carbonyl (C=O) groups is 3. The first kappa shape index (κ1) is 43.3. The van der Waals surface area contributed by atoms with Crippen LogP contribution in [0.4, 0.5) is 14.0 Å². The van der Waals surface area contributed by atoms with Gasteiger partial charge in [0.05, 0.1) is 55.5 Å². The first-order chi connectivity index (χ1) is 29.4. The standard InChI is InChI=1S/C46H56FN7O7/c1-25(2)35(52-45(57)59-5)24-54-20-10-13-36(54)44-49-23-34(51-44)29-18-19-37-32(21-29)40(55)38(47)42(61-37)28-16-14-27(15-17-28)33-22-48-43(50-33)31-12-9-7-8-11-30(31)41(56)39(26(3)4)53-46(58)60-6/h14-19,21-23,25-26,30-31,35-36,39H,7-13,20,24H2,1-6H3,(H,48,50)(H,49,51)(H,52,57)(H,53,58). The zero-order valence-electron chi connectivity index (χ0n) is 35.7. The van der Waals surface area contributed by atoms with Crippen LogP contribution in [0.2, 0.25) is 0 Å². The summed E-state index contributed by atoms with van der Waals surface area (Å²) in [5.41, 5.74) is 2.76. The van der Waals surface area contributed by atoms with Crippen LogP contribution in [0.25, 0.3) is 44.8 Å². The number of benzene rings is 2. The molecule has 3 aromatic heterocycles. The molecule has 5 atom stereocenters. The minimum atomic E-state index is -0.987. The van der Waals surface area contributed by atoms with E-state index in [1.165, 1.54) is 14.2 Å². The Morgan fingerprint density at radius 2 is 1.46 bits per heavy atom. The minimum Gasteiger partial charge on any atom is -0.453 e. The molecule has 15 heteroatoms. The lowest BCUT2D eigenvalue weighted by atomic mass is 9.79. The van der Waals surface area contributed by atoms with Crippen molar-refractivity contribution in [2.45, 2.75) is 96.7 Å². The molecule has 0 bridgehead atoms. The van der Waals surface area contributed by atoms with Crippen molar-refractivity contribution in [1.82, 2.24) is 35.5 Å². The maximum Gasteiger partial charge on any atom is 0.407 e. The number of hydrogen-bond donors (Lipinski definition) is 4. The number of halogens is 1. The second-order valence-corrected chi connectivity index (χ2v) is 17.0. The topological polar surface area (TPSA) is 185 Å². The van der Waals surface area contributed by atoms with Gasteiger partial charge in [-0.1, -0.05) is 71.2 Å². The first-order valence-electron chi connectivity index (χ1n) is 21.3. The monoisotopic (exact) mass is 837 g/mol. The number of rotatable bonds is 13. The van der Waals surface area contributed by atoms with Gasteiger partial charge in [0.15, 0.2) is 11.5 Å². The lowest BCUT2D eigenvalue weighted by Gasteiger charge is -2.30. The van der Waals surface area contributed by atoms with E-state index in [9.17, 15) is 19.2 Å². The highest BCUT2D eigenvalue weighted by Crippen LogP contribution is 2.39. The number of aromatic amines is 2. The zero-order chi connectivity index (χ0) is 43.4. The predicted octanol–water partition coefficient (Wildman–Crippen LogP) is 8.51. The van der Waals surface area contributed by atoms with E-state index >= 15 is 4.39 Å². The second-order valence-electron chi connectivity index (χ2n) is 17.0. The van der Waals surface area contributed by atoms with Crippen LogP contribution in [0.15, 0.2) is 64.1 Å². The summed E-state index contributed by atoms with van der Waals surface area (Å²) in [6.45, 7) is 9.44. The van der Waals surface area contributed by atoms with Crippen LogP contribution in [0.5, 0.6) is 0 Å². The summed E-state index contributed by atoms with van der Waals surface area (Å²) in [6, 6.07) is 11.4. The summed E-state index contributed by atoms with van der Waals surface area (Å²) in [5, 5.41) is 5.80. The van der Waals surface area contributed by atoms with Crippen molar-refractivity contribution >= 4 is 28.9 Å². The molecule has 61 heavy (non-hydrogen) atoms. The molecular weight excluding hydrogens is 782 g/mol. The highest BCUT2D eigenvalue weighted by atomic mass is 19.1. The third-order valence-electron chi connectivity index (χ3n) is 12.4. The average molecular weight is 838 g/mol. The number of alkyl carbamates (subject to hydrolysis) is 2. The van der Waals surface area contributed by atoms with Crippen LogP contribution in [0.1, 0.15) is 96.2 Å². The van der Waals surface area contributed by atoms with E-state index in [0.717, 1.165) is 62.2 Å². The molecule has 324 valence electrons. The number of imidazole rings is 2. The van der Waals surface area contributed by atoms with Gasteiger partial charge < -0.3 is 34.5 Å². The number of aromatic nitrogens is 4. The number of methoxy groups -OCH3 is 2. The molecule has 1 saturated carbocycles. The summed E-state index contributed by atoms with van der Waals surface area (Å²) in [5.74, 6) is -0.0635. The molecule has 0 radical (unpaired) electrons.